The highest BCUT2D eigenvalue weighted by Crippen LogP contribution is 2.50. The summed E-state index contributed by atoms with van der Waals surface area (Å²) >= 11 is 5.95. The predicted octanol–water partition coefficient (Wildman–Crippen LogP) is 5.07. The number of hydrogen-bond acceptors (Lipinski definition) is 3. The van der Waals surface area contributed by atoms with E-state index in [0.29, 0.717) is 11.8 Å². The van der Waals surface area contributed by atoms with Crippen LogP contribution in [0, 0.1) is 16.0 Å². The zero-order valence-electron chi connectivity index (χ0n) is 12.3. The second-order valence-electron chi connectivity index (χ2n) is 6.03. The van der Waals surface area contributed by atoms with Gasteiger partial charge in [-0.1, -0.05) is 48.0 Å². The van der Waals surface area contributed by atoms with Crippen LogP contribution in [-0.2, 0) is 0 Å². The van der Waals surface area contributed by atoms with Crippen molar-refractivity contribution in [3.05, 3.63) is 80.9 Å². The van der Waals surface area contributed by atoms with Gasteiger partial charge in [0, 0.05) is 17.7 Å². The summed E-state index contributed by atoms with van der Waals surface area (Å²) in [5, 5.41) is 14.9. The van der Waals surface area contributed by atoms with Gasteiger partial charge in [-0.2, -0.15) is 0 Å². The number of nitrogens with zero attached hydrogens (tertiary/aromatic N) is 1. The number of fused-ring (bicyclic) bond motifs is 3. The molecule has 1 aliphatic heterocycles. The van der Waals surface area contributed by atoms with E-state index in [1.165, 1.54) is 5.56 Å². The van der Waals surface area contributed by atoms with E-state index >= 15 is 0 Å². The molecule has 0 saturated heterocycles. The number of benzene rings is 2. The zero-order chi connectivity index (χ0) is 16.0. The quantitative estimate of drug-likeness (QED) is 0.476. The van der Waals surface area contributed by atoms with Gasteiger partial charge in [-0.15, -0.1) is 0 Å². The molecule has 0 aromatic heterocycles. The summed E-state index contributed by atoms with van der Waals surface area (Å²) in [6.07, 6.45) is 5.42. The van der Waals surface area contributed by atoms with Gasteiger partial charge in [-0.3, -0.25) is 10.1 Å². The summed E-state index contributed by atoms with van der Waals surface area (Å²) < 4.78 is 0. The Labute approximate surface area is 138 Å². The Morgan fingerprint density at radius 1 is 1.22 bits per heavy atom. The van der Waals surface area contributed by atoms with Crippen molar-refractivity contribution >= 4 is 23.0 Å². The summed E-state index contributed by atoms with van der Waals surface area (Å²) in [5.41, 5.74) is 3.27. The molecule has 4 nitrogen and oxygen atoms in total. The molecule has 2 aromatic rings. The molecular formula is C18H15ClN2O2. The first-order valence-electron chi connectivity index (χ1n) is 7.61. The van der Waals surface area contributed by atoms with Crippen molar-refractivity contribution in [1.82, 2.24) is 0 Å². The fourth-order valence-corrected chi connectivity index (χ4v) is 3.92. The van der Waals surface area contributed by atoms with Crippen LogP contribution in [-0.4, -0.2) is 4.92 Å². The molecule has 0 amide bonds. The maximum absolute atomic E-state index is 11.2. The molecule has 3 atom stereocenters. The molecule has 1 N–H and O–H groups in total. The SMILES string of the molecule is O=[N+]([O-])c1cc(C2Nc3ccccc3C3C=CCC32)ccc1Cl. The average Bonchev–Trinajstić information content (AvgIpc) is 3.04. The Balaban J connectivity index is 1.78. The molecule has 0 spiro atoms. The third kappa shape index (κ3) is 2.30. The van der Waals surface area contributed by atoms with E-state index in [1.807, 2.05) is 12.1 Å². The van der Waals surface area contributed by atoms with Crippen molar-refractivity contribution in [2.45, 2.75) is 18.4 Å². The maximum Gasteiger partial charge on any atom is 0.288 e. The van der Waals surface area contributed by atoms with Crippen LogP contribution in [0.4, 0.5) is 11.4 Å². The van der Waals surface area contributed by atoms with Gasteiger partial charge in [0.15, 0.2) is 0 Å². The molecule has 0 fully saturated rings. The van der Waals surface area contributed by atoms with Crippen LogP contribution in [0.2, 0.25) is 5.02 Å². The Bertz CT molecular complexity index is 818. The van der Waals surface area contributed by atoms with Crippen LogP contribution in [0.3, 0.4) is 0 Å². The third-order valence-electron chi connectivity index (χ3n) is 4.80. The minimum atomic E-state index is -0.424. The highest BCUT2D eigenvalue weighted by molar-refractivity contribution is 6.32. The zero-order valence-corrected chi connectivity index (χ0v) is 13.0. The Hall–Kier alpha value is -2.33. The number of hydrogen-bond donors (Lipinski definition) is 1. The Morgan fingerprint density at radius 3 is 2.87 bits per heavy atom. The number of halogens is 1. The second kappa shape index (κ2) is 5.39. The number of nitro benzene ring substituents is 1. The van der Waals surface area contributed by atoms with Crippen LogP contribution < -0.4 is 5.32 Å². The third-order valence-corrected chi connectivity index (χ3v) is 5.12. The van der Waals surface area contributed by atoms with E-state index in [0.717, 1.165) is 17.7 Å². The molecule has 5 heteroatoms. The summed E-state index contributed by atoms with van der Waals surface area (Å²) in [4.78, 5) is 10.7. The summed E-state index contributed by atoms with van der Waals surface area (Å²) in [5.74, 6) is 0.720. The molecule has 1 heterocycles. The molecule has 0 radical (unpaired) electrons. The van der Waals surface area contributed by atoms with Crippen molar-refractivity contribution in [3.63, 3.8) is 0 Å². The fourth-order valence-electron chi connectivity index (χ4n) is 3.74. The minimum Gasteiger partial charge on any atom is -0.378 e. The van der Waals surface area contributed by atoms with Gasteiger partial charge in [-0.05, 0) is 35.6 Å². The van der Waals surface area contributed by atoms with Gasteiger partial charge in [0.05, 0.1) is 11.0 Å². The van der Waals surface area contributed by atoms with Crippen molar-refractivity contribution in [2.75, 3.05) is 5.32 Å². The number of nitrogens with one attached hydrogen (secondary N) is 1. The Morgan fingerprint density at radius 2 is 2.04 bits per heavy atom. The first-order chi connectivity index (χ1) is 11.1. The van der Waals surface area contributed by atoms with E-state index in [-0.39, 0.29) is 16.8 Å². The molecule has 1 aliphatic carbocycles. The average molecular weight is 327 g/mol. The first kappa shape index (κ1) is 14.3. The molecule has 2 aliphatic rings. The monoisotopic (exact) mass is 326 g/mol. The van der Waals surface area contributed by atoms with E-state index < -0.39 is 4.92 Å². The predicted molar refractivity (Wildman–Crippen MR) is 90.9 cm³/mol. The van der Waals surface area contributed by atoms with Crippen molar-refractivity contribution in [1.29, 1.82) is 0 Å². The van der Waals surface area contributed by atoms with Crippen molar-refractivity contribution in [3.8, 4) is 0 Å². The number of allylic oxidation sites excluding steroid dienone is 2. The smallest absolute Gasteiger partial charge is 0.288 e. The fraction of sp³-hybridized carbons (Fsp3) is 0.222. The lowest BCUT2D eigenvalue weighted by atomic mass is 9.77. The van der Waals surface area contributed by atoms with Gasteiger partial charge in [0.25, 0.3) is 5.69 Å². The standard InChI is InChI=1S/C18H15ClN2O2/c19-15-9-8-11(10-17(15)21(22)23)18-14-6-3-5-12(14)13-4-1-2-7-16(13)20-18/h1-5,7-10,12,14,18,20H,6H2. The second-order valence-corrected chi connectivity index (χ2v) is 6.44. The number of anilines is 1. The number of rotatable bonds is 2. The summed E-state index contributed by atoms with van der Waals surface area (Å²) in [6, 6.07) is 13.4. The van der Waals surface area contributed by atoms with E-state index in [9.17, 15) is 10.1 Å². The molecule has 0 bridgehead atoms. The van der Waals surface area contributed by atoms with Crippen molar-refractivity contribution in [2.24, 2.45) is 5.92 Å². The molecule has 2 aromatic carbocycles. The molecule has 23 heavy (non-hydrogen) atoms. The lowest BCUT2D eigenvalue weighted by molar-refractivity contribution is -0.384. The summed E-state index contributed by atoms with van der Waals surface area (Å²) in [6.45, 7) is 0. The van der Waals surface area contributed by atoms with Crippen LogP contribution >= 0.6 is 11.6 Å². The van der Waals surface area contributed by atoms with E-state index in [2.05, 4.69) is 35.7 Å². The summed E-state index contributed by atoms with van der Waals surface area (Å²) in [7, 11) is 0. The lowest BCUT2D eigenvalue weighted by Gasteiger charge is -2.37. The molecule has 4 rings (SSSR count). The largest absolute Gasteiger partial charge is 0.378 e. The number of nitro groups is 1. The van der Waals surface area contributed by atoms with E-state index in [4.69, 9.17) is 11.6 Å². The van der Waals surface area contributed by atoms with Gasteiger partial charge in [0.2, 0.25) is 0 Å². The maximum atomic E-state index is 11.2. The number of para-hydroxylation sites is 1. The normalized spacial score (nSPS) is 24.7. The molecule has 0 saturated carbocycles. The highest BCUT2D eigenvalue weighted by atomic mass is 35.5. The van der Waals surface area contributed by atoms with Crippen LogP contribution in [0.1, 0.15) is 29.5 Å². The van der Waals surface area contributed by atoms with Gasteiger partial charge in [-0.25, -0.2) is 0 Å². The van der Waals surface area contributed by atoms with Crippen LogP contribution in [0.15, 0.2) is 54.6 Å². The Kier molecular flexibility index (Phi) is 3.34. The van der Waals surface area contributed by atoms with Gasteiger partial charge in [0.1, 0.15) is 5.02 Å². The van der Waals surface area contributed by atoms with Crippen LogP contribution in [0.25, 0.3) is 0 Å². The first-order valence-corrected chi connectivity index (χ1v) is 7.99. The molecule has 116 valence electrons. The minimum absolute atomic E-state index is 0.0349. The van der Waals surface area contributed by atoms with Crippen molar-refractivity contribution < 1.29 is 4.92 Å². The van der Waals surface area contributed by atoms with E-state index in [1.54, 1.807) is 12.1 Å². The topological polar surface area (TPSA) is 55.2 Å². The molecule has 3 unspecified atom stereocenters. The van der Waals surface area contributed by atoms with Crippen LogP contribution in [0.5, 0.6) is 0 Å². The van der Waals surface area contributed by atoms with Gasteiger partial charge >= 0.3 is 0 Å². The lowest BCUT2D eigenvalue weighted by Crippen LogP contribution is -2.29. The van der Waals surface area contributed by atoms with Gasteiger partial charge < -0.3 is 5.32 Å². The molecular weight excluding hydrogens is 312 g/mol. The highest BCUT2D eigenvalue weighted by Gasteiger charge is 2.38.